The van der Waals surface area contributed by atoms with Gasteiger partial charge in [0.25, 0.3) is 0 Å². The van der Waals surface area contributed by atoms with Crippen LogP contribution in [0.3, 0.4) is 0 Å². The van der Waals surface area contributed by atoms with Crippen molar-refractivity contribution in [2.75, 3.05) is 7.11 Å². The molecular weight excluding hydrogens is 210 g/mol. The van der Waals surface area contributed by atoms with Gasteiger partial charge in [-0.05, 0) is 26.2 Å². The van der Waals surface area contributed by atoms with Crippen molar-refractivity contribution in [3.8, 4) is 0 Å². The Kier molecular flexibility index (Phi) is 2.96. The summed E-state index contributed by atoms with van der Waals surface area (Å²) in [5, 5.41) is 13.2. The first-order chi connectivity index (χ1) is 7.59. The maximum absolute atomic E-state index is 9.33. The SMILES string of the molecule is COC1(c2noc([C@@H](N)[C@@H](C)O)n2)CCC1. The average molecular weight is 227 g/mol. The summed E-state index contributed by atoms with van der Waals surface area (Å²) in [4.78, 5) is 4.21. The van der Waals surface area contributed by atoms with Crippen molar-refractivity contribution in [2.24, 2.45) is 5.73 Å². The number of ether oxygens (including phenoxy) is 1. The molecule has 1 heterocycles. The lowest BCUT2D eigenvalue weighted by Crippen LogP contribution is -2.37. The number of aliphatic hydroxyl groups excluding tert-OH is 1. The van der Waals surface area contributed by atoms with Crippen molar-refractivity contribution in [1.29, 1.82) is 0 Å². The standard InChI is InChI=1S/C10H17N3O3/c1-6(14)7(11)8-12-9(13-16-8)10(15-2)4-3-5-10/h6-7,14H,3-5,11H2,1-2H3/t6-,7+/m1/s1. The van der Waals surface area contributed by atoms with Crippen molar-refractivity contribution in [2.45, 2.75) is 43.9 Å². The molecule has 0 saturated heterocycles. The summed E-state index contributed by atoms with van der Waals surface area (Å²) >= 11 is 0. The fraction of sp³-hybridized carbons (Fsp3) is 0.800. The summed E-state index contributed by atoms with van der Waals surface area (Å²) in [5.74, 6) is 0.792. The minimum absolute atomic E-state index is 0.258. The van der Waals surface area contributed by atoms with Crippen LogP contribution < -0.4 is 5.73 Å². The molecule has 1 aromatic heterocycles. The number of rotatable bonds is 4. The maximum atomic E-state index is 9.33. The van der Waals surface area contributed by atoms with E-state index in [0.717, 1.165) is 19.3 Å². The van der Waals surface area contributed by atoms with Crippen LogP contribution in [0.1, 0.15) is 43.9 Å². The van der Waals surface area contributed by atoms with Crippen LogP contribution in [0, 0.1) is 0 Å². The van der Waals surface area contributed by atoms with Gasteiger partial charge in [-0.3, -0.25) is 0 Å². The van der Waals surface area contributed by atoms with E-state index in [1.807, 2.05) is 0 Å². The number of hydrogen-bond acceptors (Lipinski definition) is 6. The van der Waals surface area contributed by atoms with E-state index in [1.54, 1.807) is 14.0 Å². The zero-order valence-electron chi connectivity index (χ0n) is 9.51. The highest BCUT2D eigenvalue weighted by molar-refractivity contribution is 5.07. The van der Waals surface area contributed by atoms with Gasteiger partial charge in [-0.25, -0.2) is 0 Å². The molecule has 6 heteroatoms. The molecule has 90 valence electrons. The molecule has 1 aliphatic rings. The second-order valence-corrected chi connectivity index (χ2v) is 4.27. The Morgan fingerprint density at radius 1 is 1.56 bits per heavy atom. The van der Waals surface area contributed by atoms with Gasteiger partial charge in [-0.2, -0.15) is 4.98 Å². The van der Waals surface area contributed by atoms with Crippen LogP contribution in [0.25, 0.3) is 0 Å². The van der Waals surface area contributed by atoms with Crippen LogP contribution in [0.4, 0.5) is 0 Å². The molecule has 0 aromatic carbocycles. The van der Waals surface area contributed by atoms with E-state index in [2.05, 4.69) is 10.1 Å². The van der Waals surface area contributed by atoms with Gasteiger partial charge in [-0.15, -0.1) is 0 Å². The molecule has 1 fully saturated rings. The van der Waals surface area contributed by atoms with Gasteiger partial charge in [0.2, 0.25) is 11.7 Å². The first-order valence-corrected chi connectivity index (χ1v) is 5.42. The van der Waals surface area contributed by atoms with E-state index in [-0.39, 0.29) is 5.89 Å². The van der Waals surface area contributed by atoms with Gasteiger partial charge in [0, 0.05) is 7.11 Å². The predicted octanol–water partition coefficient (Wildman–Crippen LogP) is 0.476. The lowest BCUT2D eigenvalue weighted by atomic mass is 9.79. The Morgan fingerprint density at radius 3 is 2.69 bits per heavy atom. The smallest absolute Gasteiger partial charge is 0.246 e. The molecule has 0 spiro atoms. The fourth-order valence-corrected chi connectivity index (χ4v) is 1.78. The average Bonchev–Trinajstić information content (AvgIpc) is 2.65. The quantitative estimate of drug-likeness (QED) is 0.776. The summed E-state index contributed by atoms with van der Waals surface area (Å²) in [7, 11) is 1.64. The van der Waals surface area contributed by atoms with E-state index >= 15 is 0 Å². The highest BCUT2D eigenvalue weighted by Gasteiger charge is 2.43. The Bertz CT molecular complexity index is 354. The highest BCUT2D eigenvalue weighted by atomic mass is 16.5. The predicted molar refractivity (Wildman–Crippen MR) is 55.4 cm³/mol. The molecule has 1 saturated carbocycles. The first kappa shape index (κ1) is 11.5. The van der Waals surface area contributed by atoms with E-state index in [0.29, 0.717) is 5.82 Å². The lowest BCUT2D eigenvalue weighted by Gasteiger charge is -2.37. The minimum Gasteiger partial charge on any atom is -0.391 e. The Balaban J connectivity index is 2.19. The molecule has 0 bridgehead atoms. The molecule has 6 nitrogen and oxygen atoms in total. The van der Waals surface area contributed by atoms with Crippen LogP contribution in [0.2, 0.25) is 0 Å². The monoisotopic (exact) mass is 227 g/mol. The third-order valence-electron chi connectivity index (χ3n) is 3.21. The van der Waals surface area contributed by atoms with E-state index in [1.165, 1.54) is 0 Å². The largest absolute Gasteiger partial charge is 0.391 e. The van der Waals surface area contributed by atoms with E-state index in [9.17, 15) is 5.11 Å². The molecule has 1 aliphatic carbocycles. The van der Waals surface area contributed by atoms with Crippen molar-refractivity contribution in [1.82, 2.24) is 10.1 Å². The summed E-state index contributed by atoms with van der Waals surface area (Å²) in [6, 6.07) is -0.643. The van der Waals surface area contributed by atoms with Gasteiger partial charge >= 0.3 is 0 Å². The van der Waals surface area contributed by atoms with Crippen molar-refractivity contribution in [3.05, 3.63) is 11.7 Å². The number of aromatic nitrogens is 2. The highest BCUT2D eigenvalue weighted by Crippen LogP contribution is 2.42. The van der Waals surface area contributed by atoms with Crippen LogP contribution in [-0.4, -0.2) is 28.5 Å². The zero-order chi connectivity index (χ0) is 11.8. The molecule has 2 rings (SSSR count). The van der Waals surface area contributed by atoms with Crippen LogP contribution in [0.15, 0.2) is 4.52 Å². The second-order valence-electron chi connectivity index (χ2n) is 4.27. The van der Waals surface area contributed by atoms with Crippen LogP contribution in [-0.2, 0) is 10.3 Å². The summed E-state index contributed by atoms with van der Waals surface area (Å²) in [5.41, 5.74) is 5.31. The van der Waals surface area contributed by atoms with Gasteiger partial charge in [0.05, 0.1) is 6.10 Å². The van der Waals surface area contributed by atoms with Gasteiger partial charge in [0.1, 0.15) is 11.6 Å². The van der Waals surface area contributed by atoms with Gasteiger partial charge in [-0.1, -0.05) is 5.16 Å². The first-order valence-electron chi connectivity index (χ1n) is 5.42. The fourth-order valence-electron chi connectivity index (χ4n) is 1.78. The normalized spacial score (nSPS) is 22.5. The Labute approximate surface area is 93.8 Å². The van der Waals surface area contributed by atoms with E-state index in [4.69, 9.17) is 15.0 Å². The van der Waals surface area contributed by atoms with Crippen LogP contribution in [0.5, 0.6) is 0 Å². The molecule has 0 radical (unpaired) electrons. The molecule has 3 N–H and O–H groups in total. The number of hydrogen-bond donors (Lipinski definition) is 2. The van der Waals surface area contributed by atoms with Crippen molar-refractivity contribution in [3.63, 3.8) is 0 Å². The molecule has 2 atom stereocenters. The maximum Gasteiger partial charge on any atom is 0.246 e. The summed E-state index contributed by atoms with van der Waals surface area (Å²) < 4.78 is 10.5. The lowest BCUT2D eigenvalue weighted by molar-refractivity contribution is -0.0858. The molecule has 0 unspecified atom stereocenters. The van der Waals surface area contributed by atoms with Crippen molar-refractivity contribution < 1.29 is 14.4 Å². The topological polar surface area (TPSA) is 94.4 Å². The summed E-state index contributed by atoms with van der Waals surface area (Å²) in [6.45, 7) is 1.59. The molecule has 16 heavy (non-hydrogen) atoms. The minimum atomic E-state index is -0.715. The van der Waals surface area contributed by atoms with Gasteiger partial charge in [0.15, 0.2) is 0 Å². The Morgan fingerprint density at radius 2 is 2.25 bits per heavy atom. The third kappa shape index (κ3) is 1.73. The number of methoxy groups -OCH3 is 1. The third-order valence-corrected chi connectivity index (χ3v) is 3.21. The van der Waals surface area contributed by atoms with Crippen LogP contribution >= 0.6 is 0 Å². The second kappa shape index (κ2) is 4.12. The Hall–Kier alpha value is -0.980. The summed E-state index contributed by atoms with van der Waals surface area (Å²) in [6.07, 6.45) is 2.17. The molecule has 0 amide bonds. The number of aliphatic hydroxyl groups is 1. The van der Waals surface area contributed by atoms with Crippen molar-refractivity contribution >= 4 is 0 Å². The number of nitrogens with zero attached hydrogens (tertiary/aromatic N) is 2. The zero-order valence-corrected chi connectivity index (χ0v) is 9.51. The number of nitrogens with two attached hydrogens (primary N) is 1. The van der Waals surface area contributed by atoms with E-state index < -0.39 is 17.7 Å². The molecule has 0 aliphatic heterocycles. The van der Waals surface area contributed by atoms with Gasteiger partial charge < -0.3 is 20.1 Å². The molecule has 1 aromatic rings. The molecular formula is C10H17N3O3.